The normalized spacial score (nSPS) is 29.7. The molecule has 1 unspecified atom stereocenters. The van der Waals surface area contributed by atoms with E-state index in [-0.39, 0.29) is 11.9 Å². The maximum atomic E-state index is 12.3. The Hall–Kier alpha value is -1.26. The number of likely N-dealkylation sites (tertiary alicyclic amines) is 2. The van der Waals surface area contributed by atoms with Crippen molar-refractivity contribution in [1.82, 2.24) is 9.80 Å². The van der Waals surface area contributed by atoms with Crippen LogP contribution in [0.1, 0.15) is 33.1 Å². The number of piperidine rings is 1. The molecule has 0 saturated carbocycles. The van der Waals surface area contributed by atoms with Gasteiger partial charge in [-0.25, -0.2) is 4.79 Å². The van der Waals surface area contributed by atoms with Gasteiger partial charge in [0.25, 0.3) is 0 Å². The molecule has 18 heavy (non-hydrogen) atoms. The monoisotopic (exact) mass is 253 g/mol. The van der Waals surface area contributed by atoms with Gasteiger partial charge in [-0.1, -0.05) is 6.92 Å². The average Bonchev–Trinajstić information content (AvgIpc) is 2.73. The third kappa shape index (κ3) is 2.44. The predicted octanol–water partition coefficient (Wildman–Crippen LogP) is 1.04. The zero-order chi connectivity index (χ0) is 13.3. The Morgan fingerprint density at radius 1 is 1.17 bits per heavy atom. The second-order valence-corrected chi connectivity index (χ2v) is 6.05. The van der Waals surface area contributed by atoms with Crippen molar-refractivity contribution in [2.45, 2.75) is 33.1 Å². The summed E-state index contributed by atoms with van der Waals surface area (Å²) >= 11 is 0. The van der Waals surface area contributed by atoms with Gasteiger partial charge in [-0.2, -0.15) is 0 Å². The van der Waals surface area contributed by atoms with E-state index in [4.69, 9.17) is 5.73 Å². The van der Waals surface area contributed by atoms with Crippen LogP contribution in [0.5, 0.6) is 0 Å². The molecule has 2 aliphatic heterocycles. The van der Waals surface area contributed by atoms with E-state index in [1.54, 1.807) is 4.90 Å². The number of primary amides is 1. The summed E-state index contributed by atoms with van der Waals surface area (Å²) in [5.74, 6) is 0.411. The van der Waals surface area contributed by atoms with E-state index in [9.17, 15) is 9.59 Å². The number of carbonyl (C=O) groups is 2. The molecule has 2 saturated heterocycles. The number of nitrogens with zero attached hydrogens (tertiary/aromatic N) is 2. The maximum Gasteiger partial charge on any atom is 0.320 e. The van der Waals surface area contributed by atoms with Crippen LogP contribution in [0.25, 0.3) is 0 Å². The van der Waals surface area contributed by atoms with Gasteiger partial charge in [0.15, 0.2) is 0 Å². The minimum atomic E-state index is -0.543. The quantitative estimate of drug-likeness (QED) is 0.758. The minimum Gasteiger partial charge on any atom is -0.369 e. The largest absolute Gasteiger partial charge is 0.369 e. The van der Waals surface area contributed by atoms with E-state index in [2.05, 4.69) is 6.92 Å². The molecule has 2 heterocycles. The van der Waals surface area contributed by atoms with E-state index >= 15 is 0 Å². The van der Waals surface area contributed by atoms with Crippen LogP contribution in [0.2, 0.25) is 0 Å². The van der Waals surface area contributed by atoms with Crippen molar-refractivity contribution in [2.24, 2.45) is 17.1 Å². The zero-order valence-corrected chi connectivity index (χ0v) is 11.3. The number of hydrogen-bond acceptors (Lipinski definition) is 2. The molecule has 5 nitrogen and oxygen atoms in total. The van der Waals surface area contributed by atoms with Gasteiger partial charge < -0.3 is 15.5 Å². The first kappa shape index (κ1) is 13.2. The van der Waals surface area contributed by atoms with Crippen LogP contribution in [0.4, 0.5) is 4.79 Å². The van der Waals surface area contributed by atoms with Gasteiger partial charge in [0.1, 0.15) is 0 Å². The van der Waals surface area contributed by atoms with E-state index in [0.29, 0.717) is 25.4 Å². The van der Waals surface area contributed by atoms with Crippen LogP contribution >= 0.6 is 0 Å². The number of nitrogens with two attached hydrogens (primary N) is 1. The molecule has 3 amide bonds. The lowest BCUT2D eigenvalue weighted by molar-refractivity contribution is -0.126. The second-order valence-electron chi connectivity index (χ2n) is 6.05. The number of amides is 3. The lowest BCUT2D eigenvalue weighted by Crippen LogP contribution is -2.47. The van der Waals surface area contributed by atoms with Crippen LogP contribution in [0, 0.1) is 11.3 Å². The van der Waals surface area contributed by atoms with E-state index in [1.165, 1.54) is 0 Å². The molecule has 0 aromatic heterocycles. The van der Waals surface area contributed by atoms with Gasteiger partial charge in [-0.3, -0.25) is 4.79 Å². The number of rotatable bonds is 1. The smallest absolute Gasteiger partial charge is 0.320 e. The minimum absolute atomic E-state index is 0.0758. The second kappa shape index (κ2) is 4.78. The fourth-order valence-corrected chi connectivity index (χ4v) is 2.73. The molecule has 0 aromatic carbocycles. The Morgan fingerprint density at radius 2 is 1.78 bits per heavy atom. The summed E-state index contributed by atoms with van der Waals surface area (Å²) in [6, 6.07) is 0.0758. The first-order chi connectivity index (χ1) is 8.42. The number of hydrogen-bond donors (Lipinski definition) is 1. The molecule has 0 radical (unpaired) electrons. The molecule has 2 rings (SSSR count). The number of carbonyl (C=O) groups excluding carboxylic acids is 2. The van der Waals surface area contributed by atoms with Crippen molar-refractivity contribution in [3.63, 3.8) is 0 Å². The third-order valence-electron chi connectivity index (χ3n) is 4.39. The molecule has 0 aliphatic carbocycles. The van der Waals surface area contributed by atoms with Crippen molar-refractivity contribution in [1.29, 1.82) is 0 Å². The first-order valence-electron chi connectivity index (χ1n) is 6.76. The Balaban J connectivity index is 1.93. The molecular weight excluding hydrogens is 230 g/mol. The van der Waals surface area contributed by atoms with Gasteiger partial charge in [-0.15, -0.1) is 0 Å². The Bertz CT molecular complexity index is 350. The van der Waals surface area contributed by atoms with E-state index < -0.39 is 5.41 Å². The average molecular weight is 253 g/mol. The number of urea groups is 1. The van der Waals surface area contributed by atoms with Crippen LogP contribution in [0.15, 0.2) is 0 Å². The summed E-state index contributed by atoms with van der Waals surface area (Å²) in [6.07, 6.45) is 2.83. The molecular formula is C13H23N3O2. The molecule has 0 bridgehead atoms. The topological polar surface area (TPSA) is 66.6 Å². The zero-order valence-electron chi connectivity index (χ0n) is 11.3. The summed E-state index contributed by atoms with van der Waals surface area (Å²) in [5, 5.41) is 0. The van der Waals surface area contributed by atoms with Gasteiger partial charge in [0.05, 0.1) is 5.41 Å². The van der Waals surface area contributed by atoms with Crippen molar-refractivity contribution in [3.05, 3.63) is 0 Å². The van der Waals surface area contributed by atoms with Gasteiger partial charge in [-0.05, 0) is 32.1 Å². The van der Waals surface area contributed by atoms with Crippen molar-refractivity contribution in [3.8, 4) is 0 Å². The molecule has 5 heteroatoms. The van der Waals surface area contributed by atoms with Crippen LogP contribution in [0.3, 0.4) is 0 Å². The Labute approximate surface area is 108 Å². The highest BCUT2D eigenvalue weighted by Crippen LogP contribution is 2.30. The summed E-state index contributed by atoms with van der Waals surface area (Å²) < 4.78 is 0. The van der Waals surface area contributed by atoms with Gasteiger partial charge >= 0.3 is 6.03 Å². The van der Waals surface area contributed by atoms with Crippen LogP contribution < -0.4 is 5.73 Å². The lowest BCUT2D eigenvalue weighted by Gasteiger charge is -2.33. The summed E-state index contributed by atoms with van der Waals surface area (Å²) in [6.45, 7) is 6.85. The molecule has 0 aromatic rings. The fraction of sp³-hybridized carbons (Fsp3) is 0.846. The van der Waals surface area contributed by atoms with Crippen LogP contribution in [-0.4, -0.2) is 47.9 Å². The fourth-order valence-electron chi connectivity index (χ4n) is 2.73. The Morgan fingerprint density at radius 3 is 2.28 bits per heavy atom. The van der Waals surface area contributed by atoms with Crippen molar-refractivity contribution >= 4 is 11.9 Å². The molecule has 2 N–H and O–H groups in total. The molecule has 2 aliphatic rings. The summed E-state index contributed by atoms with van der Waals surface area (Å²) in [7, 11) is 0. The SMILES string of the molecule is CC1CCN(C(=O)N2CCC(C)(C(N)=O)C2)CC1. The molecule has 102 valence electrons. The first-order valence-corrected chi connectivity index (χ1v) is 6.76. The van der Waals surface area contributed by atoms with E-state index in [0.717, 1.165) is 25.9 Å². The highest BCUT2D eigenvalue weighted by Gasteiger charge is 2.41. The lowest BCUT2D eigenvalue weighted by atomic mass is 9.89. The Kier molecular flexibility index (Phi) is 3.50. The van der Waals surface area contributed by atoms with Gasteiger partial charge in [0, 0.05) is 26.2 Å². The summed E-state index contributed by atoms with van der Waals surface area (Å²) in [4.78, 5) is 27.4. The highest BCUT2D eigenvalue weighted by atomic mass is 16.2. The summed E-state index contributed by atoms with van der Waals surface area (Å²) in [5.41, 5.74) is 4.86. The molecule has 1 atom stereocenters. The van der Waals surface area contributed by atoms with Crippen molar-refractivity contribution < 1.29 is 9.59 Å². The molecule has 0 spiro atoms. The van der Waals surface area contributed by atoms with Crippen molar-refractivity contribution in [2.75, 3.05) is 26.2 Å². The van der Waals surface area contributed by atoms with Gasteiger partial charge in [0.2, 0.25) is 5.91 Å². The molecule has 2 fully saturated rings. The van der Waals surface area contributed by atoms with E-state index in [1.807, 2.05) is 11.8 Å². The standard InChI is InChI=1S/C13H23N3O2/c1-10-3-6-15(7-4-10)12(18)16-8-5-13(2,9-16)11(14)17/h10H,3-9H2,1-2H3,(H2,14,17). The predicted molar refractivity (Wildman–Crippen MR) is 68.9 cm³/mol. The highest BCUT2D eigenvalue weighted by molar-refractivity contribution is 5.83. The third-order valence-corrected chi connectivity index (χ3v) is 4.39. The van der Waals surface area contributed by atoms with Crippen LogP contribution in [-0.2, 0) is 4.79 Å². The maximum absolute atomic E-state index is 12.3.